The zero-order valence-electron chi connectivity index (χ0n) is 12.5. The second-order valence-electron chi connectivity index (χ2n) is 5.74. The molecule has 0 radical (unpaired) electrons. The van der Waals surface area contributed by atoms with E-state index in [0.29, 0.717) is 17.4 Å². The summed E-state index contributed by atoms with van der Waals surface area (Å²) in [4.78, 5) is 26.8. The standard InChI is InChI=1S/C16H18FN3O2.ClH/c17-10-4-5-11-12(7-15(21)19-14(11)6-10)16(22)20-13-3-1-2-9(13)8-18;/h4-7,9,13H,1-3,8,18H2,(H,19,21)(H,20,22);1H. The van der Waals surface area contributed by atoms with E-state index < -0.39 is 11.4 Å². The van der Waals surface area contributed by atoms with Crippen LogP contribution >= 0.6 is 12.4 Å². The van der Waals surface area contributed by atoms with Gasteiger partial charge in [0.25, 0.3) is 5.91 Å². The Morgan fingerprint density at radius 2 is 2.13 bits per heavy atom. The van der Waals surface area contributed by atoms with E-state index in [9.17, 15) is 14.0 Å². The highest BCUT2D eigenvalue weighted by molar-refractivity contribution is 6.06. The number of benzene rings is 1. The van der Waals surface area contributed by atoms with Crippen LogP contribution in [0.25, 0.3) is 10.9 Å². The van der Waals surface area contributed by atoms with Crippen LogP contribution in [0.1, 0.15) is 29.6 Å². The van der Waals surface area contributed by atoms with Gasteiger partial charge in [-0.25, -0.2) is 4.39 Å². The van der Waals surface area contributed by atoms with Crippen LogP contribution in [-0.4, -0.2) is 23.5 Å². The van der Waals surface area contributed by atoms with Gasteiger partial charge in [-0.2, -0.15) is 0 Å². The number of nitrogens with two attached hydrogens (primary N) is 1. The van der Waals surface area contributed by atoms with Crippen molar-refractivity contribution in [3.63, 3.8) is 0 Å². The average molecular weight is 340 g/mol. The van der Waals surface area contributed by atoms with Crippen molar-refractivity contribution in [1.29, 1.82) is 0 Å². The minimum Gasteiger partial charge on any atom is -0.349 e. The molecule has 2 aromatic rings. The number of pyridine rings is 1. The molecule has 2 atom stereocenters. The molecular weight excluding hydrogens is 321 g/mol. The molecule has 1 aromatic heterocycles. The number of amides is 1. The smallest absolute Gasteiger partial charge is 0.252 e. The van der Waals surface area contributed by atoms with Crippen LogP contribution in [0.2, 0.25) is 0 Å². The maximum absolute atomic E-state index is 13.3. The number of halogens is 2. The minimum absolute atomic E-state index is 0. The third-order valence-corrected chi connectivity index (χ3v) is 4.33. The highest BCUT2D eigenvalue weighted by Gasteiger charge is 2.28. The summed E-state index contributed by atoms with van der Waals surface area (Å²) in [6, 6.07) is 5.28. The van der Waals surface area contributed by atoms with Crippen LogP contribution in [0.3, 0.4) is 0 Å². The predicted molar refractivity (Wildman–Crippen MR) is 89.4 cm³/mol. The zero-order valence-corrected chi connectivity index (χ0v) is 13.3. The van der Waals surface area contributed by atoms with Gasteiger partial charge in [-0.3, -0.25) is 9.59 Å². The molecule has 0 spiro atoms. The fraction of sp³-hybridized carbons (Fsp3) is 0.375. The molecule has 1 saturated carbocycles. The highest BCUT2D eigenvalue weighted by atomic mass is 35.5. The van der Waals surface area contributed by atoms with Gasteiger partial charge in [0.2, 0.25) is 5.56 Å². The van der Waals surface area contributed by atoms with Crippen molar-refractivity contribution >= 4 is 29.2 Å². The van der Waals surface area contributed by atoms with Gasteiger partial charge in [0.15, 0.2) is 0 Å². The number of hydrogen-bond acceptors (Lipinski definition) is 3. The number of aromatic nitrogens is 1. The molecule has 0 saturated heterocycles. The van der Waals surface area contributed by atoms with E-state index in [-0.39, 0.29) is 35.8 Å². The van der Waals surface area contributed by atoms with Crippen LogP contribution in [-0.2, 0) is 0 Å². The Bertz CT molecular complexity index is 777. The van der Waals surface area contributed by atoms with Gasteiger partial charge in [0.05, 0.1) is 11.1 Å². The second kappa shape index (κ2) is 7.10. The van der Waals surface area contributed by atoms with Crippen molar-refractivity contribution in [2.45, 2.75) is 25.3 Å². The van der Waals surface area contributed by atoms with Gasteiger partial charge in [0, 0.05) is 17.5 Å². The lowest BCUT2D eigenvalue weighted by molar-refractivity contribution is 0.0930. The first kappa shape index (κ1) is 17.4. The molecule has 124 valence electrons. The second-order valence-corrected chi connectivity index (χ2v) is 5.74. The van der Waals surface area contributed by atoms with Crippen molar-refractivity contribution in [3.05, 3.63) is 46.0 Å². The Balaban J connectivity index is 0.00000192. The number of carbonyl (C=O) groups is 1. The molecule has 0 aliphatic heterocycles. The molecule has 1 aliphatic carbocycles. The lowest BCUT2D eigenvalue weighted by Gasteiger charge is -2.19. The van der Waals surface area contributed by atoms with Crippen molar-refractivity contribution in [2.75, 3.05) is 6.54 Å². The maximum Gasteiger partial charge on any atom is 0.252 e. The van der Waals surface area contributed by atoms with Crippen molar-refractivity contribution in [1.82, 2.24) is 10.3 Å². The normalized spacial score (nSPS) is 20.3. The van der Waals surface area contributed by atoms with Crippen LogP contribution in [0.15, 0.2) is 29.1 Å². The summed E-state index contributed by atoms with van der Waals surface area (Å²) >= 11 is 0. The van der Waals surface area contributed by atoms with Gasteiger partial charge in [-0.05, 0) is 43.5 Å². The van der Waals surface area contributed by atoms with Gasteiger partial charge in [0.1, 0.15) is 5.82 Å². The lowest BCUT2D eigenvalue weighted by atomic mass is 10.0. The van der Waals surface area contributed by atoms with E-state index in [1.165, 1.54) is 24.3 Å². The van der Waals surface area contributed by atoms with Crippen LogP contribution in [0, 0.1) is 11.7 Å². The molecule has 1 fully saturated rings. The Kier molecular flexibility index (Phi) is 5.38. The number of fused-ring (bicyclic) bond motifs is 1. The largest absolute Gasteiger partial charge is 0.349 e. The topological polar surface area (TPSA) is 88.0 Å². The molecule has 1 aromatic carbocycles. The molecule has 3 rings (SSSR count). The quantitative estimate of drug-likeness (QED) is 0.798. The molecule has 2 unspecified atom stereocenters. The first-order valence-corrected chi connectivity index (χ1v) is 7.42. The van der Waals surface area contributed by atoms with E-state index in [0.717, 1.165) is 19.3 Å². The van der Waals surface area contributed by atoms with Gasteiger partial charge in [-0.1, -0.05) is 6.42 Å². The summed E-state index contributed by atoms with van der Waals surface area (Å²) in [7, 11) is 0. The minimum atomic E-state index is -0.459. The number of H-pyrrole nitrogens is 1. The summed E-state index contributed by atoms with van der Waals surface area (Å²) in [5.74, 6) is -0.498. The molecule has 23 heavy (non-hydrogen) atoms. The SMILES string of the molecule is Cl.NCC1CCCC1NC(=O)c1cc(=O)[nH]c2cc(F)ccc12. The number of hydrogen-bond donors (Lipinski definition) is 3. The van der Waals surface area contributed by atoms with E-state index in [2.05, 4.69) is 10.3 Å². The van der Waals surface area contributed by atoms with Crippen molar-refractivity contribution in [2.24, 2.45) is 11.7 Å². The summed E-state index contributed by atoms with van der Waals surface area (Å²) in [5.41, 5.74) is 5.88. The summed E-state index contributed by atoms with van der Waals surface area (Å²) in [6.45, 7) is 0.534. The Hall–Kier alpha value is -1.92. The molecule has 1 heterocycles. The number of aromatic amines is 1. The molecule has 0 bridgehead atoms. The maximum atomic E-state index is 13.3. The van der Waals surface area contributed by atoms with Crippen molar-refractivity contribution < 1.29 is 9.18 Å². The molecule has 4 N–H and O–H groups in total. The van der Waals surface area contributed by atoms with Crippen LogP contribution < -0.4 is 16.6 Å². The zero-order chi connectivity index (χ0) is 15.7. The third-order valence-electron chi connectivity index (χ3n) is 4.33. The first-order chi connectivity index (χ1) is 10.6. The monoisotopic (exact) mass is 339 g/mol. The van der Waals surface area contributed by atoms with Gasteiger partial charge < -0.3 is 16.0 Å². The predicted octanol–water partition coefficient (Wildman–Crippen LogP) is 1.95. The number of nitrogens with one attached hydrogen (secondary N) is 2. The molecule has 1 aliphatic rings. The number of rotatable bonds is 3. The molecule has 7 heteroatoms. The highest BCUT2D eigenvalue weighted by Crippen LogP contribution is 2.25. The van der Waals surface area contributed by atoms with E-state index in [4.69, 9.17) is 5.73 Å². The molecular formula is C16H19ClFN3O2. The lowest BCUT2D eigenvalue weighted by Crippen LogP contribution is -2.40. The molecule has 5 nitrogen and oxygen atoms in total. The van der Waals surface area contributed by atoms with Gasteiger partial charge >= 0.3 is 0 Å². The fourth-order valence-corrected chi connectivity index (χ4v) is 3.18. The van der Waals surface area contributed by atoms with Crippen LogP contribution in [0.5, 0.6) is 0 Å². The Morgan fingerprint density at radius 1 is 1.35 bits per heavy atom. The Labute approximate surface area is 138 Å². The summed E-state index contributed by atoms with van der Waals surface area (Å²) in [5, 5.41) is 3.49. The van der Waals surface area contributed by atoms with E-state index in [1.54, 1.807) is 0 Å². The summed E-state index contributed by atoms with van der Waals surface area (Å²) < 4.78 is 13.3. The van der Waals surface area contributed by atoms with E-state index in [1.807, 2.05) is 0 Å². The average Bonchev–Trinajstić information content (AvgIpc) is 2.93. The Morgan fingerprint density at radius 3 is 2.87 bits per heavy atom. The fourth-order valence-electron chi connectivity index (χ4n) is 3.18. The summed E-state index contributed by atoms with van der Waals surface area (Å²) in [6.07, 6.45) is 2.93. The third kappa shape index (κ3) is 3.54. The van der Waals surface area contributed by atoms with Crippen molar-refractivity contribution in [3.8, 4) is 0 Å². The van der Waals surface area contributed by atoms with Gasteiger partial charge in [-0.15, -0.1) is 12.4 Å². The van der Waals surface area contributed by atoms with Crippen LogP contribution in [0.4, 0.5) is 4.39 Å². The van der Waals surface area contributed by atoms with E-state index >= 15 is 0 Å². The molecule has 1 amide bonds. The first-order valence-electron chi connectivity index (χ1n) is 7.42. The number of carbonyl (C=O) groups excluding carboxylic acids is 1.